The van der Waals surface area contributed by atoms with E-state index >= 15 is 0 Å². The Morgan fingerprint density at radius 1 is 1.24 bits per heavy atom. The van der Waals surface area contributed by atoms with Crippen LogP contribution in [0.4, 0.5) is 0 Å². The second kappa shape index (κ2) is 6.75. The molecule has 0 heterocycles. The molecule has 2 N–H and O–H groups in total. The van der Waals surface area contributed by atoms with Gasteiger partial charge in [0.25, 0.3) is 11.8 Å². The van der Waals surface area contributed by atoms with Crippen LogP contribution in [0.15, 0.2) is 24.3 Å². The molecule has 0 bridgehead atoms. The minimum Gasteiger partial charge on any atom is -0.494 e. The molecule has 0 radical (unpaired) electrons. The Hall–Kier alpha value is -1.75. The second-order valence-corrected chi connectivity index (χ2v) is 3.36. The van der Waals surface area contributed by atoms with Crippen LogP contribution in [0.5, 0.6) is 5.75 Å². The quantitative estimate of drug-likeness (QED) is 0.626. The zero-order chi connectivity index (χ0) is 12.7. The Balaban J connectivity index is 2.54. The fraction of sp³-hybridized carbons (Fsp3) is 0.273. The van der Waals surface area contributed by atoms with E-state index in [1.54, 1.807) is 24.3 Å². The molecule has 0 aliphatic heterocycles. The average molecular weight is 257 g/mol. The number of rotatable bonds is 4. The summed E-state index contributed by atoms with van der Waals surface area (Å²) in [6.07, 6.45) is 0. The van der Waals surface area contributed by atoms with Gasteiger partial charge in [-0.3, -0.25) is 20.4 Å². The predicted octanol–water partition coefficient (Wildman–Crippen LogP) is 1.09. The van der Waals surface area contributed by atoms with Crippen LogP contribution in [-0.4, -0.2) is 24.3 Å². The highest BCUT2D eigenvalue weighted by atomic mass is 35.5. The van der Waals surface area contributed by atoms with Gasteiger partial charge in [0.05, 0.1) is 6.61 Å². The lowest BCUT2D eigenvalue weighted by molar-refractivity contribution is -0.119. The summed E-state index contributed by atoms with van der Waals surface area (Å²) in [6, 6.07) is 6.57. The van der Waals surface area contributed by atoms with Crippen molar-refractivity contribution in [2.24, 2.45) is 0 Å². The van der Waals surface area contributed by atoms with E-state index in [0.29, 0.717) is 17.9 Å². The number of alkyl halides is 1. The van der Waals surface area contributed by atoms with Crippen molar-refractivity contribution in [3.8, 4) is 5.75 Å². The number of carbonyl (C=O) groups is 2. The van der Waals surface area contributed by atoms with Gasteiger partial charge in [-0.2, -0.15) is 0 Å². The molecule has 0 saturated heterocycles. The van der Waals surface area contributed by atoms with Crippen molar-refractivity contribution < 1.29 is 14.3 Å². The summed E-state index contributed by atoms with van der Waals surface area (Å²) in [4.78, 5) is 22.3. The number of carbonyl (C=O) groups excluding carboxylic acids is 2. The molecule has 6 heteroatoms. The first-order valence-corrected chi connectivity index (χ1v) is 5.58. The molecule has 0 aliphatic carbocycles. The molecule has 1 rings (SSSR count). The molecule has 92 valence electrons. The summed E-state index contributed by atoms with van der Waals surface area (Å²) in [5.41, 5.74) is 4.83. The first kappa shape index (κ1) is 13.3. The van der Waals surface area contributed by atoms with Crippen LogP contribution in [0, 0.1) is 0 Å². The monoisotopic (exact) mass is 256 g/mol. The Morgan fingerprint density at radius 3 is 2.41 bits per heavy atom. The standard InChI is InChI=1S/C11H13ClN2O3/c1-2-17-9-5-3-8(4-6-9)11(16)14-13-10(15)7-12/h3-6H,2,7H2,1H3,(H,13,15)(H,14,16). The maximum absolute atomic E-state index is 11.5. The first-order chi connectivity index (χ1) is 8.17. The molecular formula is C11H13ClN2O3. The third kappa shape index (κ3) is 4.32. The van der Waals surface area contributed by atoms with Crippen LogP contribution < -0.4 is 15.6 Å². The average Bonchev–Trinajstić information content (AvgIpc) is 2.36. The summed E-state index contributed by atoms with van der Waals surface area (Å²) >= 11 is 5.26. The molecular weight excluding hydrogens is 244 g/mol. The SMILES string of the molecule is CCOc1ccc(C(=O)NNC(=O)CCl)cc1. The maximum atomic E-state index is 11.5. The molecule has 0 unspecified atom stereocenters. The Kier molecular flexibility index (Phi) is 5.29. The van der Waals surface area contributed by atoms with Gasteiger partial charge in [0.15, 0.2) is 0 Å². The van der Waals surface area contributed by atoms with Crippen molar-refractivity contribution in [2.75, 3.05) is 12.5 Å². The van der Waals surface area contributed by atoms with Crippen LogP contribution in [-0.2, 0) is 4.79 Å². The summed E-state index contributed by atoms with van der Waals surface area (Å²) in [6.45, 7) is 2.44. The molecule has 0 fully saturated rings. The van der Waals surface area contributed by atoms with Gasteiger partial charge in [0.1, 0.15) is 11.6 Å². The Bertz CT molecular complexity index is 392. The number of hydrazine groups is 1. The zero-order valence-corrected chi connectivity index (χ0v) is 10.1. The molecule has 5 nitrogen and oxygen atoms in total. The molecule has 0 saturated carbocycles. The van der Waals surface area contributed by atoms with Crippen LogP contribution in [0.1, 0.15) is 17.3 Å². The normalized spacial score (nSPS) is 9.53. The lowest BCUT2D eigenvalue weighted by Crippen LogP contribution is -2.42. The predicted molar refractivity (Wildman–Crippen MR) is 63.9 cm³/mol. The molecule has 0 spiro atoms. The minimum atomic E-state index is -0.467. The molecule has 1 aromatic carbocycles. The van der Waals surface area contributed by atoms with Crippen molar-refractivity contribution in [1.82, 2.24) is 10.9 Å². The van der Waals surface area contributed by atoms with E-state index in [9.17, 15) is 9.59 Å². The van der Waals surface area contributed by atoms with Gasteiger partial charge in [-0.1, -0.05) is 0 Å². The summed E-state index contributed by atoms with van der Waals surface area (Å²) in [5, 5.41) is 0. The van der Waals surface area contributed by atoms with E-state index in [2.05, 4.69) is 10.9 Å². The van der Waals surface area contributed by atoms with Gasteiger partial charge in [-0.25, -0.2) is 0 Å². The zero-order valence-electron chi connectivity index (χ0n) is 9.33. The topological polar surface area (TPSA) is 67.4 Å². The van der Waals surface area contributed by atoms with Crippen molar-refractivity contribution in [3.05, 3.63) is 29.8 Å². The van der Waals surface area contributed by atoms with Gasteiger partial charge >= 0.3 is 0 Å². The van der Waals surface area contributed by atoms with Gasteiger partial charge in [0, 0.05) is 5.56 Å². The Labute approximate surface area is 104 Å². The third-order valence-corrected chi connectivity index (χ3v) is 2.11. The molecule has 0 aromatic heterocycles. The van der Waals surface area contributed by atoms with Crippen molar-refractivity contribution in [1.29, 1.82) is 0 Å². The molecule has 17 heavy (non-hydrogen) atoms. The van der Waals surface area contributed by atoms with E-state index in [-0.39, 0.29) is 5.88 Å². The largest absolute Gasteiger partial charge is 0.494 e. The highest BCUT2D eigenvalue weighted by Crippen LogP contribution is 2.11. The number of hydrogen-bond acceptors (Lipinski definition) is 3. The third-order valence-electron chi connectivity index (χ3n) is 1.86. The highest BCUT2D eigenvalue weighted by Gasteiger charge is 2.06. The van der Waals surface area contributed by atoms with Crippen molar-refractivity contribution in [3.63, 3.8) is 0 Å². The van der Waals surface area contributed by atoms with E-state index in [1.807, 2.05) is 6.92 Å². The maximum Gasteiger partial charge on any atom is 0.269 e. The Morgan fingerprint density at radius 2 is 1.88 bits per heavy atom. The second-order valence-electron chi connectivity index (χ2n) is 3.09. The van der Waals surface area contributed by atoms with Crippen LogP contribution in [0.25, 0.3) is 0 Å². The smallest absolute Gasteiger partial charge is 0.269 e. The molecule has 0 aliphatic rings. The van der Waals surface area contributed by atoms with Gasteiger partial charge < -0.3 is 4.74 Å². The number of amides is 2. The summed E-state index contributed by atoms with van der Waals surface area (Å²) in [5.74, 6) is -0.393. The van der Waals surface area contributed by atoms with Gasteiger partial charge in [-0.05, 0) is 31.2 Å². The van der Waals surface area contributed by atoms with Gasteiger partial charge in [0.2, 0.25) is 0 Å². The number of nitrogens with one attached hydrogen (secondary N) is 2. The summed E-state index contributed by atoms with van der Waals surface area (Å²) < 4.78 is 5.24. The molecule has 2 amide bonds. The molecule has 1 aromatic rings. The van der Waals surface area contributed by atoms with E-state index < -0.39 is 11.8 Å². The fourth-order valence-corrected chi connectivity index (χ4v) is 1.17. The highest BCUT2D eigenvalue weighted by molar-refractivity contribution is 6.27. The van der Waals surface area contributed by atoms with Crippen LogP contribution in [0.2, 0.25) is 0 Å². The lowest BCUT2D eigenvalue weighted by Gasteiger charge is -2.07. The van der Waals surface area contributed by atoms with Crippen LogP contribution in [0.3, 0.4) is 0 Å². The lowest BCUT2D eigenvalue weighted by atomic mass is 10.2. The number of benzene rings is 1. The van der Waals surface area contributed by atoms with Crippen LogP contribution >= 0.6 is 11.6 Å². The molecule has 0 atom stereocenters. The van der Waals surface area contributed by atoms with Crippen molar-refractivity contribution >= 4 is 23.4 Å². The van der Waals surface area contributed by atoms with E-state index in [0.717, 1.165) is 0 Å². The first-order valence-electron chi connectivity index (χ1n) is 5.05. The number of ether oxygens (including phenoxy) is 1. The number of halogens is 1. The number of hydrogen-bond donors (Lipinski definition) is 2. The van der Waals surface area contributed by atoms with Crippen molar-refractivity contribution in [2.45, 2.75) is 6.92 Å². The van der Waals surface area contributed by atoms with Gasteiger partial charge in [-0.15, -0.1) is 11.6 Å². The summed E-state index contributed by atoms with van der Waals surface area (Å²) in [7, 11) is 0. The van der Waals surface area contributed by atoms with E-state index in [4.69, 9.17) is 16.3 Å². The van der Waals surface area contributed by atoms with E-state index in [1.165, 1.54) is 0 Å². The fourth-order valence-electron chi connectivity index (χ4n) is 1.10. The minimum absolute atomic E-state index is 0.205.